The van der Waals surface area contributed by atoms with Crippen molar-refractivity contribution in [2.24, 2.45) is 0 Å². The van der Waals surface area contributed by atoms with Crippen LogP contribution in [0.25, 0.3) is 5.82 Å². The largest absolute Gasteiger partial charge is 0.448 e. The van der Waals surface area contributed by atoms with E-state index in [0.29, 0.717) is 11.5 Å². The van der Waals surface area contributed by atoms with Gasteiger partial charge in [-0.1, -0.05) is 43.6 Å². The maximum atomic E-state index is 12.7. The number of carbonyl (C=O) groups excluding carboxylic acids is 2. The summed E-state index contributed by atoms with van der Waals surface area (Å²) in [6.07, 6.45) is -0.101. The summed E-state index contributed by atoms with van der Waals surface area (Å²) in [5, 5.41) is 7.37. The van der Waals surface area contributed by atoms with Crippen molar-refractivity contribution in [1.29, 1.82) is 0 Å². The van der Waals surface area contributed by atoms with Gasteiger partial charge in [-0.05, 0) is 62.9 Å². The second-order valence-electron chi connectivity index (χ2n) is 7.77. The monoisotopic (exact) mass is 454 g/mol. The smallest absolute Gasteiger partial charge is 0.359 e. The molecule has 8 heteroatoms. The van der Waals surface area contributed by atoms with Gasteiger partial charge in [-0.15, -0.1) is 0 Å². The summed E-state index contributed by atoms with van der Waals surface area (Å²) in [7, 11) is 0. The minimum absolute atomic E-state index is 0.0728. The van der Waals surface area contributed by atoms with Gasteiger partial charge in [0.25, 0.3) is 5.91 Å². The minimum atomic E-state index is -1.04. The lowest BCUT2D eigenvalue weighted by molar-refractivity contribution is -0.123. The summed E-state index contributed by atoms with van der Waals surface area (Å²) < 4.78 is 6.99. The fraction of sp³-hybridized carbons (Fsp3) is 0.333. The molecule has 2 aromatic heterocycles. The molecule has 1 amide bonds. The molecule has 0 aliphatic heterocycles. The van der Waals surface area contributed by atoms with Gasteiger partial charge in [-0.25, -0.2) is 14.5 Å². The summed E-state index contributed by atoms with van der Waals surface area (Å²) in [4.78, 5) is 29.8. The van der Waals surface area contributed by atoms with Crippen molar-refractivity contribution in [2.75, 3.05) is 5.32 Å². The van der Waals surface area contributed by atoms with Crippen molar-refractivity contribution in [1.82, 2.24) is 14.8 Å². The average Bonchev–Trinajstić information content (AvgIpc) is 3.11. The lowest BCUT2D eigenvalue weighted by Gasteiger charge is -2.18. The third-order valence-electron chi connectivity index (χ3n) is 5.27. The van der Waals surface area contributed by atoms with E-state index in [1.54, 1.807) is 16.8 Å². The number of carbonyl (C=O) groups is 2. The molecule has 0 spiro atoms. The number of halogens is 1. The van der Waals surface area contributed by atoms with Crippen molar-refractivity contribution in [3.05, 3.63) is 70.1 Å². The van der Waals surface area contributed by atoms with Crippen LogP contribution in [0, 0.1) is 13.8 Å². The summed E-state index contributed by atoms with van der Waals surface area (Å²) in [5.41, 5.74) is 3.36. The number of aryl methyl sites for hydroxylation is 2. The standard InChI is InChI=1S/C24H27ClN4O3/c1-6-14(2)18-9-7-8-10-20(18)26-23(30)17(5)32-24(31)22-19(25)11-12-21(27-22)29-16(4)13-15(3)28-29/h7-14,17H,6H2,1-5H3,(H,26,30). The maximum Gasteiger partial charge on any atom is 0.359 e. The van der Waals surface area contributed by atoms with Crippen LogP contribution in [-0.4, -0.2) is 32.7 Å². The molecule has 3 aromatic rings. The summed E-state index contributed by atoms with van der Waals surface area (Å²) >= 11 is 6.19. The highest BCUT2D eigenvalue weighted by molar-refractivity contribution is 6.33. The normalized spacial score (nSPS) is 12.8. The molecule has 1 aromatic carbocycles. The van der Waals surface area contributed by atoms with Crippen LogP contribution in [0.5, 0.6) is 0 Å². The molecule has 2 atom stereocenters. The number of rotatable bonds is 7. The zero-order valence-corrected chi connectivity index (χ0v) is 19.6. The second-order valence-corrected chi connectivity index (χ2v) is 8.18. The van der Waals surface area contributed by atoms with Gasteiger partial charge in [-0.2, -0.15) is 5.10 Å². The third kappa shape index (κ3) is 5.16. The Balaban J connectivity index is 1.75. The van der Waals surface area contributed by atoms with E-state index in [1.165, 1.54) is 6.92 Å². The van der Waals surface area contributed by atoms with E-state index in [4.69, 9.17) is 16.3 Å². The van der Waals surface area contributed by atoms with E-state index in [0.717, 1.165) is 23.4 Å². The van der Waals surface area contributed by atoms with Crippen LogP contribution in [0.1, 0.15) is 60.5 Å². The fourth-order valence-electron chi connectivity index (χ4n) is 3.32. The number of nitrogens with one attached hydrogen (secondary N) is 1. The van der Waals surface area contributed by atoms with Crippen LogP contribution in [0.2, 0.25) is 5.02 Å². The van der Waals surface area contributed by atoms with Crippen molar-refractivity contribution in [2.45, 2.75) is 53.1 Å². The molecule has 0 radical (unpaired) electrons. The number of aromatic nitrogens is 3. The Morgan fingerprint density at radius 2 is 1.88 bits per heavy atom. The first-order chi connectivity index (χ1) is 15.2. The Morgan fingerprint density at radius 1 is 1.16 bits per heavy atom. The van der Waals surface area contributed by atoms with E-state index in [9.17, 15) is 9.59 Å². The number of amides is 1. The molecule has 0 saturated carbocycles. The SMILES string of the molecule is CCC(C)c1ccccc1NC(=O)C(C)OC(=O)c1nc(-n2nc(C)cc2C)ccc1Cl. The highest BCUT2D eigenvalue weighted by Crippen LogP contribution is 2.27. The van der Waals surface area contributed by atoms with Gasteiger partial charge in [0.1, 0.15) is 0 Å². The van der Waals surface area contributed by atoms with Gasteiger partial charge in [0.15, 0.2) is 17.6 Å². The molecular weight excluding hydrogens is 428 g/mol. The van der Waals surface area contributed by atoms with E-state index in [-0.39, 0.29) is 16.6 Å². The molecule has 2 heterocycles. The van der Waals surface area contributed by atoms with Gasteiger partial charge in [0, 0.05) is 11.4 Å². The minimum Gasteiger partial charge on any atom is -0.448 e. The van der Waals surface area contributed by atoms with Crippen molar-refractivity contribution in [3.8, 4) is 5.82 Å². The zero-order chi connectivity index (χ0) is 23.4. The van der Waals surface area contributed by atoms with Crippen molar-refractivity contribution in [3.63, 3.8) is 0 Å². The van der Waals surface area contributed by atoms with Gasteiger partial charge in [0.2, 0.25) is 0 Å². The molecule has 1 N–H and O–H groups in total. The molecule has 3 rings (SSSR count). The average molecular weight is 455 g/mol. The number of nitrogens with zero attached hydrogens (tertiary/aromatic N) is 3. The van der Waals surface area contributed by atoms with Gasteiger partial charge < -0.3 is 10.1 Å². The topological polar surface area (TPSA) is 86.1 Å². The Labute approximate surface area is 192 Å². The zero-order valence-electron chi connectivity index (χ0n) is 18.8. The quantitative estimate of drug-likeness (QED) is 0.493. The van der Waals surface area contributed by atoms with E-state index in [2.05, 4.69) is 29.2 Å². The van der Waals surface area contributed by atoms with Crippen molar-refractivity contribution < 1.29 is 14.3 Å². The predicted molar refractivity (Wildman–Crippen MR) is 124 cm³/mol. The van der Waals surface area contributed by atoms with Crippen LogP contribution in [0.4, 0.5) is 5.69 Å². The number of benzene rings is 1. The Morgan fingerprint density at radius 3 is 2.53 bits per heavy atom. The second kappa shape index (κ2) is 9.96. The molecule has 0 aliphatic carbocycles. The molecule has 32 heavy (non-hydrogen) atoms. The molecular formula is C24H27ClN4O3. The molecule has 0 aliphatic rings. The maximum absolute atomic E-state index is 12.7. The highest BCUT2D eigenvalue weighted by atomic mass is 35.5. The summed E-state index contributed by atoms with van der Waals surface area (Å²) in [6.45, 7) is 9.45. The van der Waals surface area contributed by atoms with Gasteiger partial charge in [-0.3, -0.25) is 4.79 Å². The lowest BCUT2D eigenvalue weighted by atomic mass is 9.97. The first kappa shape index (κ1) is 23.5. The molecule has 168 valence electrons. The summed E-state index contributed by atoms with van der Waals surface area (Å²) in [5.74, 6) is -0.493. The number of anilines is 1. The molecule has 0 bridgehead atoms. The first-order valence-corrected chi connectivity index (χ1v) is 10.9. The van der Waals surface area contributed by atoms with E-state index in [1.807, 2.05) is 44.2 Å². The van der Waals surface area contributed by atoms with Crippen LogP contribution in [0.3, 0.4) is 0 Å². The Kier molecular flexibility index (Phi) is 7.30. The lowest BCUT2D eigenvalue weighted by Crippen LogP contribution is -2.30. The molecule has 2 unspecified atom stereocenters. The molecule has 7 nitrogen and oxygen atoms in total. The Bertz CT molecular complexity index is 1140. The number of pyridine rings is 1. The number of ether oxygens (including phenoxy) is 1. The van der Waals surface area contributed by atoms with Crippen LogP contribution in [0.15, 0.2) is 42.5 Å². The number of para-hydroxylation sites is 1. The molecule has 0 fully saturated rings. The van der Waals surface area contributed by atoms with Gasteiger partial charge in [0.05, 0.1) is 10.7 Å². The van der Waals surface area contributed by atoms with Gasteiger partial charge >= 0.3 is 5.97 Å². The summed E-state index contributed by atoms with van der Waals surface area (Å²) in [6, 6.07) is 12.7. The van der Waals surface area contributed by atoms with Crippen LogP contribution in [-0.2, 0) is 9.53 Å². The Hall–Kier alpha value is -3.19. The predicted octanol–water partition coefficient (Wildman–Crippen LogP) is 5.24. The number of esters is 1. The van der Waals surface area contributed by atoms with Crippen LogP contribution >= 0.6 is 11.6 Å². The number of hydrogen-bond donors (Lipinski definition) is 1. The van der Waals surface area contributed by atoms with E-state index < -0.39 is 18.0 Å². The number of hydrogen-bond acceptors (Lipinski definition) is 5. The van der Waals surface area contributed by atoms with Crippen molar-refractivity contribution >= 4 is 29.2 Å². The van der Waals surface area contributed by atoms with Crippen LogP contribution < -0.4 is 5.32 Å². The first-order valence-electron chi connectivity index (χ1n) is 10.5. The van der Waals surface area contributed by atoms with E-state index >= 15 is 0 Å². The molecule has 0 saturated heterocycles. The highest BCUT2D eigenvalue weighted by Gasteiger charge is 2.23. The third-order valence-corrected chi connectivity index (χ3v) is 5.57. The fourth-order valence-corrected chi connectivity index (χ4v) is 3.50.